The van der Waals surface area contributed by atoms with Crippen molar-refractivity contribution in [3.05, 3.63) is 0 Å². The minimum atomic E-state index is -0.403. The zero-order chi connectivity index (χ0) is 12.2. The van der Waals surface area contributed by atoms with Crippen molar-refractivity contribution < 1.29 is 9.53 Å². The number of piperidine rings is 1. The molecule has 1 atom stereocenters. The molecule has 3 nitrogen and oxygen atoms in total. The van der Waals surface area contributed by atoms with Crippen LogP contribution in [0.15, 0.2) is 0 Å². The fraction of sp³-hybridized carbons (Fsp3) is 0.917. The predicted molar refractivity (Wildman–Crippen MR) is 69.0 cm³/mol. The maximum atomic E-state index is 12.0. The molecule has 4 heteroatoms. The van der Waals surface area contributed by atoms with Gasteiger partial charge in [0.15, 0.2) is 0 Å². The highest BCUT2D eigenvalue weighted by Gasteiger charge is 2.29. The van der Waals surface area contributed by atoms with Gasteiger partial charge in [0.2, 0.25) is 0 Å². The minimum absolute atomic E-state index is 0.168. The molecule has 0 aromatic rings. The summed E-state index contributed by atoms with van der Waals surface area (Å²) in [7, 11) is 0. The van der Waals surface area contributed by atoms with Gasteiger partial charge in [-0.25, -0.2) is 4.79 Å². The topological polar surface area (TPSA) is 29.5 Å². The number of ether oxygens (including phenoxy) is 1. The first-order valence-electron chi connectivity index (χ1n) is 6.04. The third kappa shape index (κ3) is 4.24. The van der Waals surface area contributed by atoms with Gasteiger partial charge in [-0.3, -0.25) is 0 Å². The van der Waals surface area contributed by atoms with Crippen LogP contribution in [0.1, 0.15) is 46.5 Å². The van der Waals surface area contributed by atoms with Crippen molar-refractivity contribution in [3.63, 3.8) is 0 Å². The van der Waals surface area contributed by atoms with Gasteiger partial charge in [0, 0.05) is 12.6 Å². The fourth-order valence-corrected chi connectivity index (χ4v) is 2.31. The number of carbonyl (C=O) groups excluding carboxylic acids is 1. The monoisotopic (exact) mass is 245 g/mol. The smallest absolute Gasteiger partial charge is 0.410 e. The largest absolute Gasteiger partial charge is 0.444 e. The maximum Gasteiger partial charge on any atom is 0.410 e. The first kappa shape index (κ1) is 13.7. The lowest BCUT2D eigenvalue weighted by atomic mass is 10.0. The summed E-state index contributed by atoms with van der Waals surface area (Å²) in [5, 5.41) is 0. The van der Waals surface area contributed by atoms with E-state index in [1.165, 1.54) is 6.42 Å². The Morgan fingerprint density at radius 1 is 1.44 bits per heavy atom. The van der Waals surface area contributed by atoms with Gasteiger partial charge in [0.1, 0.15) is 5.60 Å². The van der Waals surface area contributed by atoms with E-state index in [0.29, 0.717) is 6.04 Å². The first-order valence-corrected chi connectivity index (χ1v) is 6.68. The Kier molecular flexibility index (Phi) is 4.96. The summed E-state index contributed by atoms with van der Waals surface area (Å²) in [4.78, 5) is 13.9. The summed E-state index contributed by atoms with van der Waals surface area (Å²) in [6.45, 7) is 6.54. The van der Waals surface area contributed by atoms with Crippen LogP contribution in [0.4, 0.5) is 4.79 Å². The molecule has 0 radical (unpaired) electrons. The third-order valence-electron chi connectivity index (χ3n) is 2.72. The van der Waals surface area contributed by atoms with Gasteiger partial charge < -0.3 is 9.64 Å². The van der Waals surface area contributed by atoms with E-state index in [9.17, 15) is 4.79 Å². The SMILES string of the molecule is CC(C)(C)OC(=O)N1CCCCC1CCS. The highest BCUT2D eigenvalue weighted by molar-refractivity contribution is 7.80. The first-order chi connectivity index (χ1) is 7.44. The van der Waals surface area contributed by atoms with Gasteiger partial charge in [0.25, 0.3) is 0 Å². The van der Waals surface area contributed by atoms with Crippen molar-refractivity contribution in [2.24, 2.45) is 0 Å². The van der Waals surface area contributed by atoms with Crippen LogP contribution in [0.25, 0.3) is 0 Å². The molecule has 16 heavy (non-hydrogen) atoms. The van der Waals surface area contributed by atoms with Gasteiger partial charge in [-0.15, -0.1) is 0 Å². The standard InChI is InChI=1S/C12H23NO2S/c1-12(2,3)15-11(14)13-8-5-4-6-10(13)7-9-16/h10,16H,4-9H2,1-3H3. The molecule has 1 fully saturated rings. The van der Waals surface area contributed by atoms with Crippen LogP contribution < -0.4 is 0 Å². The van der Waals surface area contributed by atoms with E-state index in [-0.39, 0.29) is 6.09 Å². The molecule has 1 amide bonds. The average molecular weight is 245 g/mol. The van der Waals surface area contributed by atoms with E-state index in [2.05, 4.69) is 12.6 Å². The number of thiol groups is 1. The second-order valence-corrected chi connectivity index (χ2v) is 5.78. The quantitative estimate of drug-likeness (QED) is 0.758. The second-order valence-electron chi connectivity index (χ2n) is 5.34. The molecule has 1 saturated heterocycles. The number of amides is 1. The Hall–Kier alpha value is -0.380. The van der Waals surface area contributed by atoms with Crippen LogP contribution >= 0.6 is 12.6 Å². The summed E-state index contributed by atoms with van der Waals surface area (Å²) in [5.41, 5.74) is -0.403. The minimum Gasteiger partial charge on any atom is -0.444 e. The maximum absolute atomic E-state index is 12.0. The Balaban J connectivity index is 2.57. The van der Waals surface area contributed by atoms with Gasteiger partial charge >= 0.3 is 6.09 Å². The van der Waals surface area contributed by atoms with Crippen LogP contribution in [0.2, 0.25) is 0 Å². The molecule has 1 rings (SSSR count). The number of likely N-dealkylation sites (tertiary alicyclic amines) is 1. The highest BCUT2D eigenvalue weighted by Crippen LogP contribution is 2.22. The normalized spacial score (nSPS) is 22.0. The van der Waals surface area contributed by atoms with Crippen molar-refractivity contribution in [2.75, 3.05) is 12.3 Å². The van der Waals surface area contributed by atoms with Crippen molar-refractivity contribution in [1.29, 1.82) is 0 Å². The lowest BCUT2D eigenvalue weighted by Gasteiger charge is -2.36. The number of hydrogen-bond donors (Lipinski definition) is 1. The van der Waals surface area contributed by atoms with Crippen LogP contribution in [-0.2, 0) is 4.74 Å². The molecule has 1 unspecified atom stereocenters. The lowest BCUT2D eigenvalue weighted by Crippen LogP contribution is -2.46. The molecule has 1 aliphatic heterocycles. The van der Waals surface area contributed by atoms with E-state index >= 15 is 0 Å². The van der Waals surface area contributed by atoms with Crippen molar-refractivity contribution in [3.8, 4) is 0 Å². The molecule has 1 heterocycles. The molecule has 0 aromatic carbocycles. The van der Waals surface area contributed by atoms with Crippen molar-refractivity contribution >= 4 is 18.7 Å². The van der Waals surface area contributed by atoms with Crippen molar-refractivity contribution in [1.82, 2.24) is 4.90 Å². The molecule has 0 spiro atoms. The van der Waals surface area contributed by atoms with Crippen molar-refractivity contribution in [2.45, 2.75) is 58.1 Å². The number of nitrogens with zero attached hydrogens (tertiary/aromatic N) is 1. The fourth-order valence-electron chi connectivity index (χ4n) is 2.01. The number of carbonyl (C=O) groups is 1. The summed E-state index contributed by atoms with van der Waals surface area (Å²) >= 11 is 4.25. The Labute approximate surface area is 104 Å². The third-order valence-corrected chi connectivity index (χ3v) is 2.98. The van der Waals surface area contributed by atoms with Crippen LogP contribution in [-0.4, -0.2) is 34.9 Å². The zero-order valence-corrected chi connectivity index (χ0v) is 11.4. The Morgan fingerprint density at radius 2 is 2.12 bits per heavy atom. The summed E-state index contributed by atoms with van der Waals surface area (Å²) < 4.78 is 5.42. The average Bonchev–Trinajstić information content (AvgIpc) is 2.16. The molecule has 1 aliphatic rings. The van der Waals surface area contributed by atoms with Crippen LogP contribution in [0.3, 0.4) is 0 Å². The van der Waals surface area contributed by atoms with E-state index < -0.39 is 5.60 Å². The Bertz CT molecular complexity index is 236. The van der Waals surface area contributed by atoms with Crippen LogP contribution in [0.5, 0.6) is 0 Å². The number of rotatable bonds is 2. The molecule has 0 saturated carbocycles. The summed E-state index contributed by atoms with van der Waals surface area (Å²) in [6, 6.07) is 0.320. The lowest BCUT2D eigenvalue weighted by molar-refractivity contribution is 0.00960. The Morgan fingerprint density at radius 3 is 2.69 bits per heavy atom. The highest BCUT2D eigenvalue weighted by atomic mass is 32.1. The molecular formula is C12H23NO2S. The van der Waals surface area contributed by atoms with Gasteiger partial charge in [-0.2, -0.15) is 12.6 Å². The van der Waals surface area contributed by atoms with E-state index in [1.807, 2.05) is 25.7 Å². The number of hydrogen-bond acceptors (Lipinski definition) is 3. The van der Waals surface area contributed by atoms with Gasteiger partial charge in [0.05, 0.1) is 0 Å². The summed E-state index contributed by atoms with van der Waals surface area (Å²) in [5.74, 6) is 0.823. The predicted octanol–water partition coefficient (Wildman–Crippen LogP) is 3.10. The molecule has 0 N–H and O–H groups in total. The molecule has 94 valence electrons. The molecule has 0 aromatic heterocycles. The molecule has 0 bridgehead atoms. The van der Waals surface area contributed by atoms with E-state index in [1.54, 1.807) is 0 Å². The second kappa shape index (κ2) is 5.80. The van der Waals surface area contributed by atoms with Gasteiger partial charge in [-0.1, -0.05) is 0 Å². The van der Waals surface area contributed by atoms with Gasteiger partial charge in [-0.05, 0) is 52.2 Å². The molecule has 0 aliphatic carbocycles. The van der Waals surface area contributed by atoms with E-state index in [0.717, 1.165) is 31.6 Å². The molecular weight excluding hydrogens is 222 g/mol. The zero-order valence-electron chi connectivity index (χ0n) is 10.5. The van der Waals surface area contributed by atoms with Crippen LogP contribution in [0, 0.1) is 0 Å². The van der Waals surface area contributed by atoms with E-state index in [4.69, 9.17) is 4.74 Å². The summed E-state index contributed by atoms with van der Waals surface area (Å²) in [6.07, 6.45) is 4.17.